The van der Waals surface area contributed by atoms with E-state index in [9.17, 15) is 14.4 Å². The molecule has 3 N–H and O–H groups in total. The standard InChI is InChI=1S/C26H34N6O3/c27-23(34)19-4-1-5-20-22(19)29-25(28-20)26-9-2-3-17(15-26)16-32(26)10-8-21(33)30-11-13-31(14-12-30)24(35)18-6-7-18/h1,4-5,17-18H,2-3,6-16H2,(H2,27,34)(H,28,29)/t17-,26+/m1/s1. The zero-order valence-electron chi connectivity index (χ0n) is 20.2. The summed E-state index contributed by atoms with van der Waals surface area (Å²) in [6.07, 6.45) is 6.86. The van der Waals surface area contributed by atoms with Crippen molar-refractivity contribution in [2.24, 2.45) is 17.6 Å². The second-order valence-electron chi connectivity index (χ2n) is 10.8. The summed E-state index contributed by atoms with van der Waals surface area (Å²) in [7, 11) is 0. The van der Waals surface area contributed by atoms with Crippen molar-refractivity contribution in [3.8, 4) is 0 Å². The van der Waals surface area contributed by atoms with Gasteiger partial charge in [-0.1, -0.05) is 12.5 Å². The lowest BCUT2D eigenvalue weighted by Crippen LogP contribution is -2.51. The van der Waals surface area contributed by atoms with Gasteiger partial charge in [0.2, 0.25) is 11.8 Å². The molecule has 2 bridgehead atoms. The SMILES string of the molecule is NC(=O)c1cccc2[nH]c([C@@]34CCC[C@@H](CN3CCC(=O)N3CCN(C(=O)C5CC5)CC3)C4)nc12. The van der Waals surface area contributed by atoms with E-state index in [0.717, 1.165) is 50.0 Å². The van der Waals surface area contributed by atoms with E-state index in [1.165, 1.54) is 6.42 Å². The van der Waals surface area contributed by atoms with Crippen molar-refractivity contribution in [3.05, 3.63) is 29.6 Å². The van der Waals surface area contributed by atoms with Crippen molar-refractivity contribution >= 4 is 28.8 Å². The molecule has 186 valence electrons. The van der Waals surface area contributed by atoms with E-state index in [0.29, 0.717) is 56.1 Å². The molecule has 0 unspecified atom stereocenters. The first-order valence-corrected chi connectivity index (χ1v) is 13.1. The number of nitrogens with two attached hydrogens (primary N) is 1. The molecule has 4 aliphatic rings. The van der Waals surface area contributed by atoms with Gasteiger partial charge in [0.15, 0.2) is 0 Å². The van der Waals surface area contributed by atoms with Crippen molar-refractivity contribution < 1.29 is 14.4 Å². The Morgan fingerprint density at radius 3 is 2.60 bits per heavy atom. The first-order chi connectivity index (χ1) is 16.9. The summed E-state index contributed by atoms with van der Waals surface area (Å²) in [6, 6.07) is 5.49. The van der Waals surface area contributed by atoms with E-state index in [-0.39, 0.29) is 23.3 Å². The molecular formula is C26H34N6O3. The number of hydrogen-bond donors (Lipinski definition) is 2. The molecule has 0 spiro atoms. The number of piperazine rings is 1. The molecule has 6 rings (SSSR count). The average Bonchev–Trinajstić information content (AvgIpc) is 3.57. The minimum atomic E-state index is -0.472. The molecule has 0 radical (unpaired) electrons. The van der Waals surface area contributed by atoms with Gasteiger partial charge in [-0.15, -0.1) is 0 Å². The number of aromatic amines is 1. The maximum Gasteiger partial charge on any atom is 0.250 e. The maximum atomic E-state index is 13.1. The van der Waals surface area contributed by atoms with Gasteiger partial charge in [-0.3, -0.25) is 19.3 Å². The molecule has 9 nitrogen and oxygen atoms in total. The lowest BCUT2D eigenvalue weighted by Gasteiger charge is -2.39. The highest BCUT2D eigenvalue weighted by Crippen LogP contribution is 2.50. The van der Waals surface area contributed by atoms with Gasteiger partial charge in [0, 0.05) is 51.6 Å². The number of carbonyl (C=O) groups excluding carboxylic acids is 3. The summed E-state index contributed by atoms with van der Waals surface area (Å²) in [5, 5.41) is 0. The summed E-state index contributed by atoms with van der Waals surface area (Å²) in [6.45, 7) is 4.22. The quantitative estimate of drug-likeness (QED) is 0.657. The molecule has 3 amide bonds. The number of benzene rings is 1. The van der Waals surface area contributed by atoms with Gasteiger partial charge < -0.3 is 20.5 Å². The van der Waals surface area contributed by atoms with Crippen molar-refractivity contribution in [1.82, 2.24) is 24.7 Å². The summed E-state index contributed by atoms with van der Waals surface area (Å²) < 4.78 is 0. The van der Waals surface area contributed by atoms with Crippen LogP contribution in [0, 0.1) is 11.8 Å². The molecule has 2 atom stereocenters. The summed E-state index contributed by atoms with van der Waals surface area (Å²) in [5.74, 6) is 1.69. The number of hydrogen-bond acceptors (Lipinski definition) is 5. The Labute approximate surface area is 205 Å². The minimum Gasteiger partial charge on any atom is -0.366 e. The highest BCUT2D eigenvalue weighted by molar-refractivity contribution is 6.04. The van der Waals surface area contributed by atoms with E-state index in [4.69, 9.17) is 10.7 Å². The lowest BCUT2D eigenvalue weighted by atomic mass is 9.79. The lowest BCUT2D eigenvalue weighted by molar-refractivity contribution is -0.140. The Balaban J connectivity index is 1.15. The first-order valence-electron chi connectivity index (χ1n) is 13.1. The van der Waals surface area contributed by atoms with E-state index in [1.807, 2.05) is 21.9 Å². The number of para-hydroxylation sites is 1. The van der Waals surface area contributed by atoms with Crippen LogP contribution >= 0.6 is 0 Å². The number of rotatable bonds is 6. The van der Waals surface area contributed by atoms with Crippen molar-refractivity contribution in [2.75, 3.05) is 39.3 Å². The maximum absolute atomic E-state index is 13.1. The topological polar surface area (TPSA) is 116 Å². The monoisotopic (exact) mass is 478 g/mol. The average molecular weight is 479 g/mol. The fourth-order valence-corrected chi connectivity index (χ4v) is 6.57. The Morgan fingerprint density at radius 2 is 1.86 bits per heavy atom. The smallest absolute Gasteiger partial charge is 0.250 e. The van der Waals surface area contributed by atoms with Gasteiger partial charge in [-0.2, -0.15) is 0 Å². The molecule has 1 aromatic heterocycles. The normalized spacial score (nSPS) is 26.9. The summed E-state index contributed by atoms with van der Waals surface area (Å²) in [5.41, 5.74) is 7.26. The number of imidazole rings is 1. The Kier molecular flexibility index (Phi) is 5.55. The third-order valence-electron chi connectivity index (χ3n) is 8.60. The van der Waals surface area contributed by atoms with Crippen LogP contribution in [0.4, 0.5) is 0 Å². The van der Waals surface area contributed by atoms with Crippen LogP contribution in [0.25, 0.3) is 11.0 Å². The fraction of sp³-hybridized carbons (Fsp3) is 0.615. The number of amides is 3. The van der Waals surface area contributed by atoms with Gasteiger partial charge >= 0.3 is 0 Å². The van der Waals surface area contributed by atoms with Gasteiger partial charge in [0.1, 0.15) is 11.3 Å². The fourth-order valence-electron chi connectivity index (χ4n) is 6.57. The van der Waals surface area contributed by atoms with E-state index in [1.54, 1.807) is 6.07 Å². The number of nitrogens with one attached hydrogen (secondary N) is 1. The predicted molar refractivity (Wildman–Crippen MR) is 130 cm³/mol. The number of aromatic nitrogens is 2. The second kappa shape index (κ2) is 8.62. The van der Waals surface area contributed by atoms with Gasteiger partial charge in [0.05, 0.1) is 16.6 Å². The molecular weight excluding hydrogens is 444 g/mol. The van der Waals surface area contributed by atoms with Gasteiger partial charge in [-0.05, 0) is 50.2 Å². The van der Waals surface area contributed by atoms with Crippen LogP contribution in [-0.2, 0) is 15.1 Å². The zero-order valence-corrected chi connectivity index (χ0v) is 20.2. The zero-order chi connectivity index (χ0) is 24.2. The summed E-state index contributed by atoms with van der Waals surface area (Å²) >= 11 is 0. The number of primary amides is 1. The molecule has 35 heavy (non-hydrogen) atoms. The molecule has 4 fully saturated rings. The molecule has 3 heterocycles. The van der Waals surface area contributed by atoms with Gasteiger partial charge in [0.25, 0.3) is 5.91 Å². The second-order valence-corrected chi connectivity index (χ2v) is 10.8. The number of likely N-dealkylation sites (tertiary alicyclic amines) is 1. The predicted octanol–water partition coefficient (Wildman–Crippen LogP) is 1.83. The molecule has 2 saturated heterocycles. The Morgan fingerprint density at radius 1 is 1.09 bits per heavy atom. The van der Waals surface area contributed by atoms with Gasteiger partial charge in [-0.25, -0.2) is 4.98 Å². The molecule has 2 saturated carbocycles. The van der Waals surface area contributed by atoms with Crippen molar-refractivity contribution in [2.45, 2.75) is 50.5 Å². The van der Waals surface area contributed by atoms with Crippen molar-refractivity contribution in [3.63, 3.8) is 0 Å². The van der Waals surface area contributed by atoms with Crippen LogP contribution in [0.3, 0.4) is 0 Å². The molecule has 1 aromatic carbocycles. The summed E-state index contributed by atoms with van der Waals surface area (Å²) in [4.78, 5) is 52.1. The Hall–Kier alpha value is -2.94. The van der Waals surface area contributed by atoms with Crippen LogP contribution in [-0.4, -0.2) is 81.7 Å². The van der Waals surface area contributed by atoms with Crippen LogP contribution in [0.15, 0.2) is 18.2 Å². The highest BCUT2D eigenvalue weighted by Gasteiger charge is 2.51. The molecule has 9 heteroatoms. The number of fused-ring (bicyclic) bond motifs is 3. The number of carbonyl (C=O) groups is 3. The number of H-pyrrole nitrogens is 1. The molecule has 2 aliphatic heterocycles. The van der Waals surface area contributed by atoms with Crippen LogP contribution in [0.5, 0.6) is 0 Å². The molecule has 2 aromatic rings. The first kappa shape index (κ1) is 22.5. The van der Waals surface area contributed by atoms with Crippen LogP contribution in [0.1, 0.15) is 61.1 Å². The largest absolute Gasteiger partial charge is 0.366 e. The van der Waals surface area contributed by atoms with E-state index >= 15 is 0 Å². The van der Waals surface area contributed by atoms with Crippen LogP contribution in [0.2, 0.25) is 0 Å². The third-order valence-corrected chi connectivity index (χ3v) is 8.60. The Bertz CT molecular complexity index is 1170. The van der Waals surface area contributed by atoms with Crippen molar-refractivity contribution in [1.29, 1.82) is 0 Å². The third kappa shape index (κ3) is 3.99. The number of nitrogens with zero attached hydrogens (tertiary/aromatic N) is 4. The minimum absolute atomic E-state index is 0.167. The van der Waals surface area contributed by atoms with E-state index in [2.05, 4.69) is 9.88 Å². The molecule has 2 aliphatic carbocycles. The van der Waals surface area contributed by atoms with Crippen LogP contribution < -0.4 is 5.73 Å². The highest BCUT2D eigenvalue weighted by atomic mass is 16.2. The van der Waals surface area contributed by atoms with E-state index < -0.39 is 5.91 Å².